The van der Waals surface area contributed by atoms with Crippen molar-refractivity contribution in [3.05, 3.63) is 24.3 Å². The summed E-state index contributed by atoms with van der Waals surface area (Å²) in [7, 11) is 0. The van der Waals surface area contributed by atoms with Crippen LogP contribution in [0.5, 0.6) is 0 Å². The van der Waals surface area contributed by atoms with Crippen molar-refractivity contribution in [1.82, 2.24) is 9.69 Å². The Kier molecular flexibility index (Phi) is 4.20. The zero-order chi connectivity index (χ0) is 10.8. The maximum atomic E-state index is 4.50. The molecule has 1 saturated heterocycles. The molecule has 0 aliphatic carbocycles. The molecule has 2 heterocycles. The van der Waals surface area contributed by atoms with Crippen LogP contribution in [0.4, 0.5) is 5.82 Å². The van der Waals surface area contributed by atoms with E-state index in [0.29, 0.717) is 6.04 Å². The lowest BCUT2D eigenvalue weighted by atomic mass is 10.1. The zero-order valence-electron chi connectivity index (χ0n) is 9.48. The number of fused-ring (bicyclic) bond motifs is 1. The van der Waals surface area contributed by atoms with Gasteiger partial charge in [-0.2, -0.15) is 4.37 Å². The molecule has 0 spiro atoms. The molecule has 1 aromatic heterocycles. The van der Waals surface area contributed by atoms with Crippen LogP contribution in [0.2, 0.25) is 0 Å². The number of hydrogen-bond acceptors (Lipinski definition) is 4. The van der Waals surface area contributed by atoms with Crippen LogP contribution in [0, 0.1) is 0 Å². The second-order valence-corrected chi connectivity index (χ2v) is 5.00. The molecule has 5 heteroatoms. The molecule has 1 aliphatic rings. The summed E-state index contributed by atoms with van der Waals surface area (Å²) in [5.74, 6) is 1.06. The normalized spacial score (nSPS) is 16.7. The second-order valence-electron chi connectivity index (χ2n) is 4.20. The van der Waals surface area contributed by atoms with Crippen LogP contribution >= 0.6 is 23.9 Å². The van der Waals surface area contributed by atoms with Crippen molar-refractivity contribution in [3.63, 3.8) is 0 Å². The number of benzene rings is 1. The Balaban J connectivity index is 0.00000108. The molecule has 2 aromatic rings. The van der Waals surface area contributed by atoms with Crippen molar-refractivity contribution in [2.24, 2.45) is 0 Å². The molecule has 0 unspecified atom stereocenters. The largest absolute Gasteiger partial charge is 0.366 e. The fraction of sp³-hybridized carbons (Fsp3) is 0.417. The van der Waals surface area contributed by atoms with Gasteiger partial charge in [0, 0.05) is 11.4 Å². The average Bonchev–Trinajstić information content (AvgIpc) is 2.74. The summed E-state index contributed by atoms with van der Waals surface area (Å²) in [4.78, 5) is 0. The van der Waals surface area contributed by atoms with Gasteiger partial charge in [-0.25, -0.2) is 0 Å². The first-order chi connectivity index (χ1) is 7.93. The lowest BCUT2D eigenvalue weighted by Crippen LogP contribution is -2.35. The maximum absolute atomic E-state index is 4.50. The molecule has 1 fully saturated rings. The van der Waals surface area contributed by atoms with Gasteiger partial charge in [0.15, 0.2) is 0 Å². The topological polar surface area (TPSA) is 37.0 Å². The Morgan fingerprint density at radius 3 is 2.82 bits per heavy atom. The fourth-order valence-corrected chi connectivity index (χ4v) is 2.89. The Bertz CT molecular complexity index is 479. The first-order valence-electron chi connectivity index (χ1n) is 5.75. The number of anilines is 1. The minimum atomic E-state index is 0. The van der Waals surface area contributed by atoms with Gasteiger partial charge in [0.25, 0.3) is 0 Å². The second kappa shape index (κ2) is 5.67. The minimum Gasteiger partial charge on any atom is -0.366 e. The zero-order valence-corrected chi connectivity index (χ0v) is 11.1. The molecule has 3 rings (SSSR count). The molecule has 1 aromatic carbocycles. The number of nitrogens with zero attached hydrogens (tertiary/aromatic N) is 1. The summed E-state index contributed by atoms with van der Waals surface area (Å²) in [6.07, 6.45) is 2.37. The van der Waals surface area contributed by atoms with Gasteiger partial charge in [-0.3, -0.25) is 0 Å². The van der Waals surface area contributed by atoms with Gasteiger partial charge in [0.1, 0.15) is 5.82 Å². The van der Waals surface area contributed by atoms with E-state index in [9.17, 15) is 0 Å². The molecule has 0 atom stereocenters. The van der Waals surface area contributed by atoms with Crippen LogP contribution in [-0.2, 0) is 0 Å². The molecule has 92 valence electrons. The minimum absolute atomic E-state index is 0. The highest BCUT2D eigenvalue weighted by Crippen LogP contribution is 2.27. The Labute approximate surface area is 111 Å². The summed E-state index contributed by atoms with van der Waals surface area (Å²) < 4.78 is 5.76. The van der Waals surface area contributed by atoms with Gasteiger partial charge in [-0.15, -0.1) is 12.4 Å². The molecule has 0 radical (unpaired) electrons. The lowest BCUT2D eigenvalue weighted by Gasteiger charge is -2.23. The summed E-state index contributed by atoms with van der Waals surface area (Å²) in [6, 6.07) is 8.98. The quantitative estimate of drug-likeness (QED) is 0.880. The van der Waals surface area contributed by atoms with Crippen LogP contribution in [0.25, 0.3) is 10.1 Å². The van der Waals surface area contributed by atoms with E-state index < -0.39 is 0 Å². The van der Waals surface area contributed by atoms with E-state index in [1.54, 1.807) is 11.5 Å². The van der Waals surface area contributed by atoms with Crippen molar-refractivity contribution in [2.45, 2.75) is 18.9 Å². The summed E-state index contributed by atoms with van der Waals surface area (Å²) in [5, 5.41) is 8.19. The molecular weight excluding hydrogens is 254 g/mol. The number of nitrogens with one attached hydrogen (secondary N) is 2. The molecule has 1 aliphatic heterocycles. The third-order valence-corrected chi connectivity index (χ3v) is 3.88. The van der Waals surface area contributed by atoms with E-state index in [1.165, 1.54) is 22.9 Å². The monoisotopic (exact) mass is 269 g/mol. The molecule has 2 N–H and O–H groups in total. The molecule has 0 saturated carbocycles. The Hall–Kier alpha value is -0.840. The van der Waals surface area contributed by atoms with Crippen LogP contribution < -0.4 is 10.6 Å². The molecule has 3 nitrogen and oxygen atoms in total. The van der Waals surface area contributed by atoms with Crippen LogP contribution in [0.1, 0.15) is 12.8 Å². The van der Waals surface area contributed by atoms with Crippen molar-refractivity contribution < 1.29 is 0 Å². The van der Waals surface area contributed by atoms with E-state index in [1.807, 2.05) is 0 Å². The number of aromatic nitrogens is 1. The highest BCUT2D eigenvalue weighted by molar-refractivity contribution is 7.13. The summed E-state index contributed by atoms with van der Waals surface area (Å²) in [6.45, 7) is 2.22. The predicted molar refractivity (Wildman–Crippen MR) is 76.4 cm³/mol. The Morgan fingerprint density at radius 1 is 1.24 bits per heavy atom. The van der Waals surface area contributed by atoms with E-state index in [0.717, 1.165) is 18.9 Å². The SMILES string of the molecule is Cl.c1ccc2c(NC3CCNCC3)nsc2c1. The number of piperidine rings is 1. The predicted octanol–water partition coefficient (Wildman–Crippen LogP) is 2.88. The highest BCUT2D eigenvalue weighted by atomic mass is 35.5. The summed E-state index contributed by atoms with van der Waals surface area (Å²) in [5.41, 5.74) is 0. The van der Waals surface area contributed by atoms with Gasteiger partial charge >= 0.3 is 0 Å². The van der Waals surface area contributed by atoms with Gasteiger partial charge < -0.3 is 10.6 Å². The molecule has 0 amide bonds. The summed E-state index contributed by atoms with van der Waals surface area (Å²) >= 11 is 1.57. The first-order valence-corrected chi connectivity index (χ1v) is 6.52. The lowest BCUT2D eigenvalue weighted by molar-refractivity contribution is 0.479. The van der Waals surface area contributed by atoms with Gasteiger partial charge in [-0.1, -0.05) is 12.1 Å². The van der Waals surface area contributed by atoms with Crippen molar-refractivity contribution in [3.8, 4) is 0 Å². The third-order valence-electron chi connectivity index (χ3n) is 3.06. The van der Waals surface area contributed by atoms with Gasteiger partial charge in [0.2, 0.25) is 0 Å². The van der Waals surface area contributed by atoms with E-state index >= 15 is 0 Å². The Morgan fingerprint density at radius 2 is 2.00 bits per heavy atom. The molecule has 17 heavy (non-hydrogen) atoms. The number of hydrogen-bond donors (Lipinski definition) is 2. The van der Waals surface area contributed by atoms with Gasteiger partial charge in [0.05, 0.1) is 4.70 Å². The first kappa shape index (κ1) is 12.6. The average molecular weight is 270 g/mol. The third kappa shape index (κ3) is 2.70. The standard InChI is InChI=1S/C12H15N3S.ClH/c1-2-4-11-10(3-1)12(15-16-11)14-9-5-7-13-8-6-9;/h1-4,9,13H,5-8H2,(H,14,15);1H. The van der Waals surface area contributed by atoms with E-state index in [4.69, 9.17) is 0 Å². The van der Waals surface area contributed by atoms with E-state index in [-0.39, 0.29) is 12.4 Å². The van der Waals surface area contributed by atoms with E-state index in [2.05, 4.69) is 39.3 Å². The number of rotatable bonds is 2. The van der Waals surface area contributed by atoms with Crippen LogP contribution in [0.3, 0.4) is 0 Å². The van der Waals surface area contributed by atoms with Gasteiger partial charge in [-0.05, 0) is 49.6 Å². The molecule has 0 bridgehead atoms. The fourth-order valence-electron chi connectivity index (χ4n) is 2.15. The van der Waals surface area contributed by atoms with Crippen LogP contribution in [-0.4, -0.2) is 23.5 Å². The molecular formula is C12H16ClN3S. The smallest absolute Gasteiger partial charge is 0.147 e. The van der Waals surface area contributed by atoms with Crippen molar-refractivity contribution in [1.29, 1.82) is 0 Å². The van der Waals surface area contributed by atoms with Crippen LogP contribution in [0.15, 0.2) is 24.3 Å². The van der Waals surface area contributed by atoms with Crippen molar-refractivity contribution in [2.75, 3.05) is 18.4 Å². The van der Waals surface area contributed by atoms with Crippen molar-refractivity contribution >= 4 is 39.8 Å². The highest BCUT2D eigenvalue weighted by Gasteiger charge is 2.14. The maximum Gasteiger partial charge on any atom is 0.147 e. The number of halogens is 1.